The number of carbonyl (C=O) groups is 2. The number of aromatic nitrogens is 2. The molecule has 0 aliphatic carbocycles. The Kier molecular flexibility index (Phi) is 5.59. The molecular formula is C14H23N5O2. The fourth-order valence-electron chi connectivity index (χ4n) is 2.46. The number of piperidine rings is 1. The van der Waals surface area contributed by atoms with Crippen LogP contribution in [0.3, 0.4) is 0 Å². The van der Waals surface area contributed by atoms with Crippen molar-refractivity contribution >= 4 is 11.9 Å². The third-order valence-corrected chi connectivity index (χ3v) is 3.71. The van der Waals surface area contributed by atoms with Crippen LogP contribution in [0.5, 0.6) is 0 Å². The molecule has 0 aromatic carbocycles. The molecule has 0 unspecified atom stereocenters. The highest BCUT2D eigenvalue weighted by atomic mass is 16.2. The molecule has 7 nitrogen and oxygen atoms in total. The van der Waals surface area contributed by atoms with E-state index < -0.39 is 0 Å². The largest absolute Gasteiger partial charge is 0.343 e. The monoisotopic (exact) mass is 293 g/mol. The molecule has 0 saturated carbocycles. The molecule has 2 rings (SSSR count). The number of nitrogens with one attached hydrogen (secondary N) is 2. The van der Waals surface area contributed by atoms with E-state index in [1.54, 1.807) is 19.4 Å². The van der Waals surface area contributed by atoms with Crippen molar-refractivity contribution < 1.29 is 9.59 Å². The van der Waals surface area contributed by atoms with Gasteiger partial charge in [-0.05, 0) is 19.3 Å². The fourth-order valence-corrected chi connectivity index (χ4v) is 2.46. The second-order valence-corrected chi connectivity index (χ2v) is 5.33. The molecule has 2 N–H and O–H groups in total. The van der Waals surface area contributed by atoms with Gasteiger partial charge in [-0.3, -0.25) is 4.79 Å². The topological polar surface area (TPSA) is 79.3 Å². The van der Waals surface area contributed by atoms with Crippen molar-refractivity contribution in [1.82, 2.24) is 25.1 Å². The van der Waals surface area contributed by atoms with Crippen molar-refractivity contribution in [3.63, 3.8) is 0 Å². The number of aryl methyl sites for hydroxylation is 1. The first-order chi connectivity index (χ1) is 10.1. The third kappa shape index (κ3) is 5.09. The van der Waals surface area contributed by atoms with Gasteiger partial charge >= 0.3 is 6.03 Å². The standard InChI is InChI=1S/C14H23N5O2/c1-12(20)19-8-3-13(4-9-19)17-14(21)16-5-2-7-18-10-6-15-11-18/h6,10-11,13H,2-5,7-9H2,1H3,(H2,16,17,21). The zero-order chi connectivity index (χ0) is 15.1. The highest BCUT2D eigenvalue weighted by Gasteiger charge is 2.21. The van der Waals surface area contributed by atoms with Gasteiger partial charge in [0, 0.05) is 51.5 Å². The van der Waals surface area contributed by atoms with E-state index in [0.717, 1.165) is 38.9 Å². The quantitative estimate of drug-likeness (QED) is 0.780. The van der Waals surface area contributed by atoms with Crippen molar-refractivity contribution in [1.29, 1.82) is 0 Å². The Hall–Kier alpha value is -2.05. The summed E-state index contributed by atoms with van der Waals surface area (Å²) in [6, 6.07) is 0.0381. The zero-order valence-corrected chi connectivity index (χ0v) is 12.4. The highest BCUT2D eigenvalue weighted by Crippen LogP contribution is 2.10. The Bertz CT molecular complexity index is 452. The lowest BCUT2D eigenvalue weighted by atomic mass is 10.1. The van der Waals surface area contributed by atoms with Gasteiger partial charge in [-0.15, -0.1) is 0 Å². The van der Waals surface area contributed by atoms with Crippen LogP contribution in [0.25, 0.3) is 0 Å². The maximum atomic E-state index is 11.8. The van der Waals surface area contributed by atoms with E-state index in [2.05, 4.69) is 15.6 Å². The normalized spacial score (nSPS) is 15.8. The summed E-state index contributed by atoms with van der Waals surface area (Å²) in [5.41, 5.74) is 0. The van der Waals surface area contributed by atoms with Crippen LogP contribution in [-0.2, 0) is 11.3 Å². The lowest BCUT2D eigenvalue weighted by Gasteiger charge is -2.31. The second kappa shape index (κ2) is 7.66. The number of amides is 3. The number of urea groups is 1. The third-order valence-electron chi connectivity index (χ3n) is 3.71. The molecule has 21 heavy (non-hydrogen) atoms. The predicted octanol–water partition coefficient (Wildman–Crippen LogP) is 0.583. The number of carbonyl (C=O) groups excluding carboxylic acids is 2. The van der Waals surface area contributed by atoms with Crippen LogP contribution in [0.1, 0.15) is 26.2 Å². The Labute approximate surface area is 124 Å². The molecular weight excluding hydrogens is 270 g/mol. The summed E-state index contributed by atoms with van der Waals surface area (Å²) in [6.45, 7) is 4.51. The highest BCUT2D eigenvalue weighted by molar-refractivity contribution is 5.74. The molecule has 0 spiro atoms. The molecule has 3 amide bonds. The Morgan fingerprint density at radius 3 is 2.71 bits per heavy atom. The molecule has 1 aliphatic heterocycles. The average Bonchev–Trinajstić information content (AvgIpc) is 2.97. The summed E-state index contributed by atoms with van der Waals surface area (Å²) in [7, 11) is 0. The lowest BCUT2D eigenvalue weighted by Crippen LogP contribution is -2.48. The molecule has 1 fully saturated rings. The van der Waals surface area contributed by atoms with Crippen LogP contribution in [0.4, 0.5) is 4.79 Å². The Morgan fingerprint density at radius 2 is 2.10 bits per heavy atom. The minimum atomic E-state index is -0.123. The summed E-state index contributed by atoms with van der Waals surface area (Å²) in [6.07, 6.45) is 7.93. The van der Waals surface area contributed by atoms with Gasteiger partial charge in [-0.2, -0.15) is 0 Å². The smallest absolute Gasteiger partial charge is 0.315 e. The number of hydrogen-bond acceptors (Lipinski definition) is 3. The van der Waals surface area contributed by atoms with Gasteiger partial charge < -0.3 is 20.1 Å². The molecule has 7 heteroatoms. The van der Waals surface area contributed by atoms with Crippen LogP contribution in [0.15, 0.2) is 18.7 Å². The first-order valence-corrected chi connectivity index (χ1v) is 7.41. The van der Waals surface area contributed by atoms with Crippen molar-refractivity contribution in [2.24, 2.45) is 0 Å². The summed E-state index contributed by atoms with van der Waals surface area (Å²) >= 11 is 0. The maximum Gasteiger partial charge on any atom is 0.315 e. The number of imidazole rings is 1. The number of rotatable bonds is 5. The van der Waals surface area contributed by atoms with Crippen LogP contribution in [0.2, 0.25) is 0 Å². The summed E-state index contributed by atoms with van der Waals surface area (Å²) in [5, 5.41) is 5.83. The second-order valence-electron chi connectivity index (χ2n) is 5.33. The fraction of sp³-hybridized carbons (Fsp3) is 0.643. The van der Waals surface area contributed by atoms with Crippen molar-refractivity contribution in [2.45, 2.75) is 38.8 Å². The number of likely N-dealkylation sites (tertiary alicyclic amines) is 1. The minimum absolute atomic E-state index is 0.109. The zero-order valence-electron chi connectivity index (χ0n) is 12.4. The molecule has 1 aromatic rings. The minimum Gasteiger partial charge on any atom is -0.343 e. The maximum absolute atomic E-state index is 11.8. The predicted molar refractivity (Wildman–Crippen MR) is 78.7 cm³/mol. The molecule has 1 aromatic heterocycles. The van der Waals surface area contributed by atoms with Crippen LogP contribution < -0.4 is 10.6 Å². The molecule has 0 atom stereocenters. The van der Waals surface area contributed by atoms with Gasteiger partial charge in [-0.1, -0.05) is 0 Å². The Balaban J connectivity index is 1.56. The van der Waals surface area contributed by atoms with Gasteiger partial charge in [0.15, 0.2) is 0 Å². The van der Waals surface area contributed by atoms with Crippen LogP contribution >= 0.6 is 0 Å². The van der Waals surface area contributed by atoms with E-state index in [9.17, 15) is 9.59 Å². The Morgan fingerprint density at radius 1 is 1.33 bits per heavy atom. The summed E-state index contributed by atoms with van der Waals surface area (Å²) in [4.78, 5) is 28.8. The van der Waals surface area contributed by atoms with Crippen molar-refractivity contribution in [2.75, 3.05) is 19.6 Å². The molecule has 2 heterocycles. The van der Waals surface area contributed by atoms with Gasteiger partial charge in [-0.25, -0.2) is 9.78 Å². The van der Waals surface area contributed by atoms with Gasteiger partial charge in [0.25, 0.3) is 0 Å². The van der Waals surface area contributed by atoms with E-state index in [1.165, 1.54) is 0 Å². The van der Waals surface area contributed by atoms with E-state index in [1.807, 2.05) is 15.7 Å². The van der Waals surface area contributed by atoms with Crippen LogP contribution in [-0.4, -0.2) is 52.1 Å². The number of nitrogens with zero attached hydrogens (tertiary/aromatic N) is 3. The first kappa shape index (κ1) is 15.3. The molecule has 116 valence electrons. The molecule has 1 saturated heterocycles. The molecule has 0 radical (unpaired) electrons. The van der Waals surface area contributed by atoms with Crippen LogP contribution in [0, 0.1) is 0 Å². The van der Waals surface area contributed by atoms with Gasteiger partial charge in [0.2, 0.25) is 5.91 Å². The van der Waals surface area contributed by atoms with E-state index in [4.69, 9.17) is 0 Å². The summed E-state index contributed by atoms with van der Waals surface area (Å²) in [5.74, 6) is 0.109. The van der Waals surface area contributed by atoms with Crippen molar-refractivity contribution in [3.8, 4) is 0 Å². The summed E-state index contributed by atoms with van der Waals surface area (Å²) < 4.78 is 1.98. The SMILES string of the molecule is CC(=O)N1CCC(NC(=O)NCCCn2ccnc2)CC1. The van der Waals surface area contributed by atoms with Crippen molar-refractivity contribution in [3.05, 3.63) is 18.7 Å². The van der Waals surface area contributed by atoms with Gasteiger partial charge in [0.1, 0.15) is 0 Å². The molecule has 1 aliphatic rings. The lowest BCUT2D eigenvalue weighted by molar-refractivity contribution is -0.129. The molecule has 0 bridgehead atoms. The number of hydrogen-bond donors (Lipinski definition) is 2. The van der Waals surface area contributed by atoms with E-state index >= 15 is 0 Å². The average molecular weight is 293 g/mol. The van der Waals surface area contributed by atoms with Gasteiger partial charge in [0.05, 0.1) is 6.33 Å². The van der Waals surface area contributed by atoms with E-state index in [0.29, 0.717) is 6.54 Å². The first-order valence-electron chi connectivity index (χ1n) is 7.41. The van der Waals surface area contributed by atoms with E-state index in [-0.39, 0.29) is 18.0 Å².